The molecule has 22 heavy (non-hydrogen) atoms. The van der Waals surface area contributed by atoms with Gasteiger partial charge in [-0.2, -0.15) is 0 Å². The fourth-order valence-electron chi connectivity index (χ4n) is 2.62. The largest absolute Gasteiger partial charge is 0.465 e. The van der Waals surface area contributed by atoms with Gasteiger partial charge in [-0.15, -0.1) is 0 Å². The minimum Gasteiger partial charge on any atom is -0.465 e. The zero-order chi connectivity index (χ0) is 15.9. The van der Waals surface area contributed by atoms with E-state index >= 15 is 0 Å². The van der Waals surface area contributed by atoms with Crippen molar-refractivity contribution in [1.82, 2.24) is 5.32 Å². The van der Waals surface area contributed by atoms with Gasteiger partial charge in [0.1, 0.15) is 0 Å². The Morgan fingerprint density at radius 1 is 1.09 bits per heavy atom. The van der Waals surface area contributed by atoms with Crippen molar-refractivity contribution in [3.05, 3.63) is 71.3 Å². The van der Waals surface area contributed by atoms with Crippen LogP contribution in [0.1, 0.15) is 41.4 Å². The summed E-state index contributed by atoms with van der Waals surface area (Å²) in [5, 5.41) is 3.59. The van der Waals surface area contributed by atoms with Crippen molar-refractivity contribution in [2.45, 2.75) is 32.4 Å². The Hall–Kier alpha value is -2.13. The normalized spacial score (nSPS) is 13.4. The van der Waals surface area contributed by atoms with E-state index in [1.165, 1.54) is 12.7 Å². The Bertz CT molecular complexity index is 610. The van der Waals surface area contributed by atoms with Gasteiger partial charge < -0.3 is 10.1 Å². The summed E-state index contributed by atoms with van der Waals surface area (Å²) in [4.78, 5) is 11.6. The van der Waals surface area contributed by atoms with E-state index in [0.29, 0.717) is 17.6 Å². The van der Waals surface area contributed by atoms with Gasteiger partial charge in [-0.05, 0) is 43.5 Å². The lowest BCUT2D eigenvalue weighted by atomic mass is 10.0. The van der Waals surface area contributed by atoms with E-state index in [-0.39, 0.29) is 5.97 Å². The number of benzene rings is 2. The van der Waals surface area contributed by atoms with Crippen LogP contribution in [0.4, 0.5) is 0 Å². The molecule has 0 aliphatic heterocycles. The molecule has 3 nitrogen and oxygen atoms in total. The number of nitrogens with one attached hydrogen (secondary N) is 1. The number of rotatable bonds is 6. The number of ether oxygens (including phenoxy) is 1. The van der Waals surface area contributed by atoms with Crippen molar-refractivity contribution in [2.24, 2.45) is 0 Å². The number of esters is 1. The lowest BCUT2D eigenvalue weighted by molar-refractivity contribution is 0.0600. The van der Waals surface area contributed by atoms with Crippen molar-refractivity contribution in [2.75, 3.05) is 7.11 Å². The Labute approximate surface area is 132 Å². The highest BCUT2D eigenvalue weighted by molar-refractivity contribution is 5.89. The molecular formula is C19H23NO2. The van der Waals surface area contributed by atoms with E-state index in [9.17, 15) is 4.79 Å². The number of methoxy groups -OCH3 is 1. The molecule has 1 unspecified atom stereocenters. The number of hydrogen-bond donors (Lipinski definition) is 1. The van der Waals surface area contributed by atoms with E-state index in [2.05, 4.69) is 43.4 Å². The molecule has 0 spiro atoms. The van der Waals surface area contributed by atoms with Crippen molar-refractivity contribution in [1.29, 1.82) is 0 Å². The number of hydrogen-bond acceptors (Lipinski definition) is 3. The van der Waals surface area contributed by atoms with Gasteiger partial charge in [0.15, 0.2) is 0 Å². The van der Waals surface area contributed by atoms with E-state index in [1.54, 1.807) is 6.07 Å². The summed E-state index contributed by atoms with van der Waals surface area (Å²) < 4.78 is 4.76. The van der Waals surface area contributed by atoms with Crippen molar-refractivity contribution < 1.29 is 9.53 Å². The predicted molar refractivity (Wildman–Crippen MR) is 88.9 cm³/mol. The summed E-state index contributed by atoms with van der Waals surface area (Å²) in [7, 11) is 1.40. The highest BCUT2D eigenvalue weighted by Crippen LogP contribution is 2.14. The molecule has 0 heterocycles. The summed E-state index contributed by atoms with van der Waals surface area (Å²) >= 11 is 0. The van der Waals surface area contributed by atoms with Crippen LogP contribution in [0, 0.1) is 0 Å². The van der Waals surface area contributed by atoms with Crippen LogP contribution in [0.3, 0.4) is 0 Å². The summed E-state index contributed by atoms with van der Waals surface area (Å²) in [6.45, 7) is 4.32. The molecule has 2 aromatic rings. The summed E-state index contributed by atoms with van der Waals surface area (Å²) in [5.41, 5.74) is 3.00. The molecule has 0 radical (unpaired) electrons. The van der Waals surface area contributed by atoms with E-state index in [1.807, 2.05) is 24.3 Å². The third kappa shape index (κ3) is 4.43. The van der Waals surface area contributed by atoms with Crippen LogP contribution in [-0.4, -0.2) is 19.1 Å². The smallest absolute Gasteiger partial charge is 0.337 e. The van der Waals surface area contributed by atoms with Gasteiger partial charge in [0.2, 0.25) is 0 Å². The molecule has 0 aliphatic carbocycles. The Balaban J connectivity index is 1.97. The maximum atomic E-state index is 11.6. The topological polar surface area (TPSA) is 38.3 Å². The molecule has 0 fully saturated rings. The van der Waals surface area contributed by atoms with Gasteiger partial charge in [-0.3, -0.25) is 0 Å². The van der Waals surface area contributed by atoms with Gasteiger partial charge >= 0.3 is 5.97 Å². The van der Waals surface area contributed by atoms with Crippen LogP contribution < -0.4 is 5.32 Å². The second kappa shape index (κ2) is 7.76. The average Bonchev–Trinajstić information content (AvgIpc) is 2.55. The zero-order valence-corrected chi connectivity index (χ0v) is 13.4. The van der Waals surface area contributed by atoms with Crippen LogP contribution in [-0.2, 0) is 11.2 Å². The van der Waals surface area contributed by atoms with Crippen LogP contribution in [0.5, 0.6) is 0 Å². The fourth-order valence-corrected chi connectivity index (χ4v) is 2.62. The van der Waals surface area contributed by atoms with Crippen molar-refractivity contribution >= 4 is 5.97 Å². The molecule has 3 heteroatoms. The van der Waals surface area contributed by atoms with Gasteiger partial charge in [-0.25, -0.2) is 4.79 Å². The van der Waals surface area contributed by atoms with E-state index < -0.39 is 0 Å². The third-order valence-corrected chi connectivity index (χ3v) is 3.72. The molecule has 2 rings (SSSR count). The monoisotopic (exact) mass is 297 g/mol. The Morgan fingerprint density at radius 2 is 1.82 bits per heavy atom. The fraction of sp³-hybridized carbons (Fsp3) is 0.316. The standard InChI is InChI=1S/C19H23NO2/c1-14(20-15(2)17-9-5-4-6-10-17)12-16-8-7-11-18(13-16)19(21)22-3/h4-11,13-15,20H,12H2,1-3H3/t14-,15?/m1/s1. The van der Waals surface area contributed by atoms with Crippen LogP contribution in [0.15, 0.2) is 54.6 Å². The third-order valence-electron chi connectivity index (χ3n) is 3.72. The average molecular weight is 297 g/mol. The Morgan fingerprint density at radius 3 is 2.50 bits per heavy atom. The minimum absolute atomic E-state index is 0.292. The lowest BCUT2D eigenvalue weighted by Gasteiger charge is -2.20. The van der Waals surface area contributed by atoms with E-state index in [0.717, 1.165) is 12.0 Å². The SMILES string of the molecule is COC(=O)c1cccc(C[C@@H](C)NC(C)c2ccccc2)c1. The first-order valence-corrected chi connectivity index (χ1v) is 7.58. The molecule has 0 saturated heterocycles. The van der Waals surface area contributed by atoms with Crippen LogP contribution >= 0.6 is 0 Å². The first-order valence-electron chi connectivity index (χ1n) is 7.58. The quantitative estimate of drug-likeness (QED) is 0.825. The second-order valence-corrected chi connectivity index (χ2v) is 5.60. The maximum Gasteiger partial charge on any atom is 0.337 e. The lowest BCUT2D eigenvalue weighted by Crippen LogP contribution is -2.30. The molecule has 2 atom stereocenters. The Kier molecular flexibility index (Phi) is 5.73. The second-order valence-electron chi connectivity index (χ2n) is 5.60. The molecule has 0 bridgehead atoms. The number of carbonyl (C=O) groups excluding carboxylic acids is 1. The first-order chi connectivity index (χ1) is 10.6. The molecular weight excluding hydrogens is 274 g/mol. The van der Waals surface area contributed by atoms with E-state index in [4.69, 9.17) is 4.74 Å². The van der Waals surface area contributed by atoms with Gasteiger partial charge in [0.25, 0.3) is 0 Å². The molecule has 116 valence electrons. The molecule has 0 aliphatic rings. The van der Waals surface area contributed by atoms with Crippen LogP contribution in [0.2, 0.25) is 0 Å². The highest BCUT2D eigenvalue weighted by Gasteiger charge is 2.11. The molecule has 0 saturated carbocycles. The molecule has 1 N–H and O–H groups in total. The van der Waals surface area contributed by atoms with Crippen LogP contribution in [0.25, 0.3) is 0 Å². The molecule has 0 amide bonds. The zero-order valence-electron chi connectivity index (χ0n) is 13.4. The first kappa shape index (κ1) is 16.2. The predicted octanol–water partition coefficient (Wildman–Crippen LogP) is 3.76. The highest BCUT2D eigenvalue weighted by atomic mass is 16.5. The number of carbonyl (C=O) groups is 1. The summed E-state index contributed by atoms with van der Waals surface area (Å²) in [6.07, 6.45) is 0.863. The molecule has 0 aromatic heterocycles. The van der Waals surface area contributed by atoms with Gasteiger partial charge in [-0.1, -0.05) is 42.5 Å². The van der Waals surface area contributed by atoms with Gasteiger partial charge in [0.05, 0.1) is 12.7 Å². The maximum absolute atomic E-state index is 11.6. The van der Waals surface area contributed by atoms with Gasteiger partial charge in [0, 0.05) is 12.1 Å². The summed E-state index contributed by atoms with van der Waals surface area (Å²) in [6, 6.07) is 18.6. The molecule has 2 aromatic carbocycles. The summed E-state index contributed by atoms with van der Waals surface area (Å²) in [5.74, 6) is -0.292. The van der Waals surface area contributed by atoms with Crippen molar-refractivity contribution in [3.8, 4) is 0 Å². The van der Waals surface area contributed by atoms with Crippen molar-refractivity contribution in [3.63, 3.8) is 0 Å². The minimum atomic E-state index is -0.292.